The van der Waals surface area contributed by atoms with Gasteiger partial charge in [-0.2, -0.15) is 0 Å². The zero-order chi connectivity index (χ0) is 19.5. The predicted octanol–water partition coefficient (Wildman–Crippen LogP) is 3.24. The summed E-state index contributed by atoms with van der Waals surface area (Å²) in [5.74, 6) is -0.301. The Bertz CT molecular complexity index is 670. The van der Waals surface area contributed by atoms with E-state index in [-0.39, 0.29) is 18.2 Å². The van der Waals surface area contributed by atoms with Gasteiger partial charge in [0.25, 0.3) is 0 Å². The van der Waals surface area contributed by atoms with Crippen LogP contribution in [-0.2, 0) is 9.53 Å². The smallest absolute Gasteiger partial charge is 0.317 e. The SMILES string of the molecule is COC1(CNC(=O)N2CCC(C)(C(=O)O)C2)CCC(c2ccccc2)CC1. The fourth-order valence-electron chi connectivity index (χ4n) is 4.31. The number of benzene rings is 1. The number of carbonyl (C=O) groups excluding carboxylic acids is 1. The monoisotopic (exact) mass is 374 g/mol. The van der Waals surface area contributed by atoms with Gasteiger partial charge in [0.15, 0.2) is 0 Å². The van der Waals surface area contributed by atoms with Crippen LogP contribution in [0.4, 0.5) is 4.79 Å². The summed E-state index contributed by atoms with van der Waals surface area (Å²) < 4.78 is 5.83. The van der Waals surface area contributed by atoms with E-state index in [1.165, 1.54) is 5.56 Å². The standard InChI is InChI=1S/C21H30N2O4/c1-20(18(24)25)12-13-23(15-20)19(26)22-14-21(27-2)10-8-17(9-11-21)16-6-4-3-5-7-16/h3-7,17H,8-15H2,1-2H3,(H,22,26)(H,24,25). The van der Waals surface area contributed by atoms with Crippen molar-refractivity contribution in [2.24, 2.45) is 5.41 Å². The van der Waals surface area contributed by atoms with Gasteiger partial charge in [-0.05, 0) is 50.5 Å². The predicted molar refractivity (Wildman–Crippen MR) is 103 cm³/mol. The number of nitrogens with one attached hydrogen (secondary N) is 1. The normalized spacial score (nSPS) is 30.9. The number of likely N-dealkylation sites (tertiary alicyclic amines) is 1. The molecule has 0 aromatic heterocycles. The van der Waals surface area contributed by atoms with E-state index in [1.54, 1.807) is 18.9 Å². The van der Waals surface area contributed by atoms with Crippen LogP contribution in [0.25, 0.3) is 0 Å². The first-order valence-electron chi connectivity index (χ1n) is 9.74. The molecule has 1 aliphatic heterocycles. The highest BCUT2D eigenvalue weighted by molar-refractivity contribution is 5.79. The Morgan fingerprint density at radius 3 is 2.44 bits per heavy atom. The molecule has 0 radical (unpaired) electrons. The minimum atomic E-state index is -0.843. The third-order valence-electron chi connectivity index (χ3n) is 6.44. The average Bonchev–Trinajstić information content (AvgIpc) is 3.11. The van der Waals surface area contributed by atoms with Gasteiger partial charge in [-0.1, -0.05) is 30.3 Å². The molecule has 0 bridgehead atoms. The van der Waals surface area contributed by atoms with Crippen LogP contribution < -0.4 is 5.32 Å². The maximum absolute atomic E-state index is 12.5. The Hall–Kier alpha value is -2.08. The molecule has 2 aliphatic rings. The molecule has 1 saturated carbocycles. The maximum atomic E-state index is 12.5. The number of carboxylic acids is 1. The highest BCUT2D eigenvalue weighted by Gasteiger charge is 2.43. The molecule has 2 fully saturated rings. The molecule has 1 heterocycles. The van der Waals surface area contributed by atoms with Gasteiger partial charge in [-0.15, -0.1) is 0 Å². The molecular weight excluding hydrogens is 344 g/mol. The van der Waals surface area contributed by atoms with E-state index < -0.39 is 11.4 Å². The van der Waals surface area contributed by atoms with Crippen LogP contribution in [0, 0.1) is 5.41 Å². The Kier molecular flexibility index (Phi) is 5.75. The number of hydrogen-bond acceptors (Lipinski definition) is 3. The fourth-order valence-corrected chi connectivity index (χ4v) is 4.31. The third kappa shape index (κ3) is 4.26. The van der Waals surface area contributed by atoms with Crippen molar-refractivity contribution in [2.75, 3.05) is 26.7 Å². The number of urea groups is 1. The first-order valence-corrected chi connectivity index (χ1v) is 9.74. The van der Waals surface area contributed by atoms with Gasteiger partial charge in [0, 0.05) is 26.7 Å². The lowest BCUT2D eigenvalue weighted by molar-refractivity contribution is -0.147. The summed E-state index contributed by atoms with van der Waals surface area (Å²) in [6.45, 7) is 2.89. The Labute approximate surface area is 160 Å². The minimum absolute atomic E-state index is 0.193. The highest BCUT2D eigenvalue weighted by Crippen LogP contribution is 2.39. The Morgan fingerprint density at radius 1 is 1.22 bits per heavy atom. The van der Waals surface area contributed by atoms with Crippen LogP contribution in [0.2, 0.25) is 0 Å². The van der Waals surface area contributed by atoms with E-state index in [1.807, 2.05) is 6.07 Å². The van der Waals surface area contributed by atoms with Crippen molar-refractivity contribution >= 4 is 12.0 Å². The molecule has 2 amide bonds. The van der Waals surface area contributed by atoms with Crippen LogP contribution in [-0.4, -0.2) is 54.4 Å². The molecule has 3 rings (SSSR count). The molecule has 6 nitrogen and oxygen atoms in total. The summed E-state index contributed by atoms with van der Waals surface area (Å²) in [7, 11) is 1.71. The summed E-state index contributed by atoms with van der Waals surface area (Å²) in [4.78, 5) is 25.5. The van der Waals surface area contributed by atoms with Gasteiger partial charge in [0.2, 0.25) is 0 Å². The number of methoxy groups -OCH3 is 1. The average molecular weight is 374 g/mol. The van der Waals surface area contributed by atoms with Crippen LogP contribution in [0.15, 0.2) is 30.3 Å². The number of hydrogen-bond donors (Lipinski definition) is 2. The summed E-state index contributed by atoms with van der Waals surface area (Å²) in [5.41, 5.74) is 0.192. The largest absolute Gasteiger partial charge is 0.481 e. The molecule has 0 spiro atoms. The first kappa shape index (κ1) is 19.7. The summed E-state index contributed by atoms with van der Waals surface area (Å²) >= 11 is 0. The molecular formula is C21H30N2O4. The zero-order valence-electron chi connectivity index (χ0n) is 16.2. The molecule has 1 aromatic carbocycles. The van der Waals surface area contributed by atoms with Crippen molar-refractivity contribution in [3.8, 4) is 0 Å². The number of aliphatic carboxylic acids is 1. The molecule has 6 heteroatoms. The first-order chi connectivity index (χ1) is 12.9. The summed E-state index contributed by atoms with van der Waals surface area (Å²) in [6, 6.07) is 10.4. The van der Waals surface area contributed by atoms with Crippen molar-refractivity contribution < 1.29 is 19.4 Å². The number of ether oxygens (including phenoxy) is 1. The molecule has 1 aliphatic carbocycles. The molecule has 27 heavy (non-hydrogen) atoms. The quantitative estimate of drug-likeness (QED) is 0.829. The van der Waals surface area contributed by atoms with Crippen molar-refractivity contribution in [1.82, 2.24) is 10.2 Å². The number of amides is 2. The summed E-state index contributed by atoms with van der Waals surface area (Å²) in [5, 5.41) is 12.3. The van der Waals surface area contributed by atoms with Gasteiger partial charge in [0.1, 0.15) is 0 Å². The number of rotatable bonds is 5. The van der Waals surface area contributed by atoms with Gasteiger partial charge >= 0.3 is 12.0 Å². The lowest BCUT2D eigenvalue weighted by atomic mass is 9.76. The number of carboxylic acid groups (broad SMARTS) is 1. The Balaban J connectivity index is 1.52. The number of carbonyl (C=O) groups is 2. The topological polar surface area (TPSA) is 78.9 Å². The zero-order valence-corrected chi connectivity index (χ0v) is 16.2. The molecule has 1 unspecified atom stereocenters. The lowest BCUT2D eigenvalue weighted by Crippen LogP contribution is -2.50. The third-order valence-corrected chi connectivity index (χ3v) is 6.44. The molecule has 1 atom stereocenters. The van der Waals surface area contributed by atoms with Gasteiger partial charge < -0.3 is 20.1 Å². The van der Waals surface area contributed by atoms with E-state index >= 15 is 0 Å². The molecule has 1 aromatic rings. The van der Waals surface area contributed by atoms with E-state index in [9.17, 15) is 14.7 Å². The van der Waals surface area contributed by atoms with Gasteiger partial charge in [-0.25, -0.2) is 4.79 Å². The van der Waals surface area contributed by atoms with Gasteiger partial charge in [-0.3, -0.25) is 4.79 Å². The van der Waals surface area contributed by atoms with Crippen molar-refractivity contribution in [2.45, 2.75) is 50.5 Å². The van der Waals surface area contributed by atoms with Crippen molar-refractivity contribution in [3.63, 3.8) is 0 Å². The second-order valence-electron chi connectivity index (χ2n) is 8.27. The lowest BCUT2D eigenvalue weighted by Gasteiger charge is -2.39. The van der Waals surface area contributed by atoms with Gasteiger partial charge in [0.05, 0.1) is 11.0 Å². The minimum Gasteiger partial charge on any atom is -0.481 e. The van der Waals surface area contributed by atoms with E-state index in [2.05, 4.69) is 29.6 Å². The van der Waals surface area contributed by atoms with E-state index in [4.69, 9.17) is 4.74 Å². The van der Waals surface area contributed by atoms with Crippen LogP contribution in [0.3, 0.4) is 0 Å². The maximum Gasteiger partial charge on any atom is 0.317 e. The molecule has 1 saturated heterocycles. The van der Waals surface area contributed by atoms with E-state index in [0.29, 0.717) is 25.4 Å². The van der Waals surface area contributed by atoms with Crippen molar-refractivity contribution in [1.29, 1.82) is 0 Å². The second kappa shape index (κ2) is 7.89. The second-order valence-corrected chi connectivity index (χ2v) is 8.27. The van der Waals surface area contributed by atoms with Crippen LogP contribution in [0.5, 0.6) is 0 Å². The van der Waals surface area contributed by atoms with E-state index in [0.717, 1.165) is 25.7 Å². The highest BCUT2D eigenvalue weighted by atomic mass is 16.5. The summed E-state index contributed by atoms with van der Waals surface area (Å²) in [6.07, 6.45) is 4.36. The number of nitrogens with zero attached hydrogens (tertiary/aromatic N) is 1. The fraction of sp³-hybridized carbons (Fsp3) is 0.619. The Morgan fingerprint density at radius 2 is 1.89 bits per heavy atom. The molecule has 2 N–H and O–H groups in total. The molecule has 148 valence electrons. The van der Waals surface area contributed by atoms with Crippen LogP contribution in [0.1, 0.15) is 50.5 Å². The van der Waals surface area contributed by atoms with Crippen LogP contribution >= 0.6 is 0 Å². The van der Waals surface area contributed by atoms with Crippen molar-refractivity contribution in [3.05, 3.63) is 35.9 Å².